The van der Waals surface area contributed by atoms with Crippen LogP contribution in [0.5, 0.6) is 5.75 Å². The molecule has 0 aliphatic heterocycles. The Morgan fingerprint density at radius 2 is 2.15 bits per heavy atom. The first kappa shape index (κ1) is 18.1. The van der Waals surface area contributed by atoms with E-state index in [-0.39, 0.29) is 11.5 Å². The van der Waals surface area contributed by atoms with Gasteiger partial charge in [0.05, 0.1) is 23.9 Å². The Kier molecular flexibility index (Phi) is 5.06. The summed E-state index contributed by atoms with van der Waals surface area (Å²) in [6.07, 6.45) is 0. The monoisotopic (exact) mass is 372 g/mol. The molecule has 0 aliphatic rings. The van der Waals surface area contributed by atoms with Gasteiger partial charge in [0, 0.05) is 11.8 Å². The molecule has 8 heteroatoms. The minimum atomic E-state index is -0.271. The van der Waals surface area contributed by atoms with Gasteiger partial charge in [-0.1, -0.05) is 6.07 Å². The van der Waals surface area contributed by atoms with Gasteiger partial charge < -0.3 is 19.9 Å². The van der Waals surface area contributed by atoms with Crippen molar-refractivity contribution in [3.8, 4) is 5.75 Å². The van der Waals surface area contributed by atoms with E-state index in [1.54, 1.807) is 38.3 Å². The summed E-state index contributed by atoms with van der Waals surface area (Å²) in [6, 6.07) is 7.12. The molecular weight excluding hydrogens is 352 g/mol. The lowest BCUT2D eigenvalue weighted by Gasteiger charge is -2.07. The Morgan fingerprint density at radius 3 is 2.85 bits per heavy atom. The number of amides is 1. The minimum Gasteiger partial charge on any atom is -0.497 e. The fraction of sp³-hybridized carbons (Fsp3) is 0.278. The van der Waals surface area contributed by atoms with Crippen LogP contribution >= 0.6 is 11.3 Å². The minimum absolute atomic E-state index is 0.221. The van der Waals surface area contributed by atoms with E-state index in [1.165, 1.54) is 11.3 Å². The molecule has 3 aromatic rings. The normalized spacial score (nSPS) is 11.1. The van der Waals surface area contributed by atoms with Gasteiger partial charge in [0.2, 0.25) is 0 Å². The van der Waals surface area contributed by atoms with Gasteiger partial charge in [0.1, 0.15) is 16.4 Å². The van der Waals surface area contributed by atoms with Gasteiger partial charge in [-0.25, -0.2) is 4.98 Å². The molecule has 0 aliphatic carbocycles. The zero-order valence-corrected chi connectivity index (χ0v) is 15.9. The first-order valence-electron chi connectivity index (χ1n) is 8.01. The average molecular weight is 372 g/mol. The van der Waals surface area contributed by atoms with Crippen LogP contribution < -0.4 is 15.6 Å². The molecule has 2 aromatic heterocycles. The number of anilines is 1. The van der Waals surface area contributed by atoms with E-state index in [0.717, 1.165) is 0 Å². The maximum atomic E-state index is 12.7. The number of rotatable bonds is 5. The second-order valence-corrected chi connectivity index (χ2v) is 7.17. The van der Waals surface area contributed by atoms with Gasteiger partial charge >= 0.3 is 0 Å². The van der Waals surface area contributed by atoms with Crippen molar-refractivity contribution in [1.29, 1.82) is 0 Å². The predicted molar refractivity (Wildman–Crippen MR) is 103 cm³/mol. The predicted octanol–water partition coefficient (Wildman–Crippen LogP) is 2.62. The first-order valence-corrected chi connectivity index (χ1v) is 8.83. The summed E-state index contributed by atoms with van der Waals surface area (Å²) in [7, 11) is 5.37. The number of nitrogens with zero attached hydrogens (tertiary/aromatic N) is 2. The molecule has 0 atom stereocenters. The number of methoxy groups -OCH3 is 1. The van der Waals surface area contributed by atoms with Gasteiger partial charge in [-0.2, -0.15) is 0 Å². The fourth-order valence-electron chi connectivity index (χ4n) is 2.67. The molecule has 1 amide bonds. The van der Waals surface area contributed by atoms with E-state index in [9.17, 15) is 9.59 Å². The van der Waals surface area contributed by atoms with Crippen molar-refractivity contribution in [3.63, 3.8) is 0 Å². The summed E-state index contributed by atoms with van der Waals surface area (Å²) in [4.78, 5) is 35.4. The van der Waals surface area contributed by atoms with Crippen LogP contribution in [-0.2, 0) is 6.54 Å². The molecule has 2 heterocycles. The standard InChI is InChI=1S/C18H20N4O3S/c1-10-14-16(23)20-13(9-22(2)3)21-18(14)26-15(10)17(24)19-11-6-5-7-12(8-11)25-4/h5-8H,9H2,1-4H3,(H,19,24)(H,20,21,23). The highest BCUT2D eigenvalue weighted by Crippen LogP contribution is 2.28. The smallest absolute Gasteiger partial charge is 0.266 e. The number of hydrogen-bond donors (Lipinski definition) is 2. The molecular formula is C18H20N4O3S. The number of carbonyl (C=O) groups excluding carboxylic acids is 1. The second-order valence-electron chi connectivity index (χ2n) is 6.17. The fourth-order valence-corrected chi connectivity index (χ4v) is 3.76. The Morgan fingerprint density at radius 1 is 1.38 bits per heavy atom. The van der Waals surface area contributed by atoms with Crippen LogP contribution in [-0.4, -0.2) is 42.0 Å². The van der Waals surface area contributed by atoms with Gasteiger partial charge in [-0.05, 0) is 38.7 Å². The zero-order valence-electron chi connectivity index (χ0n) is 15.0. The molecule has 3 rings (SSSR count). The first-order chi connectivity index (χ1) is 12.4. The van der Waals surface area contributed by atoms with Gasteiger partial charge in [0.15, 0.2) is 0 Å². The van der Waals surface area contributed by atoms with Crippen molar-refractivity contribution in [2.45, 2.75) is 13.5 Å². The summed E-state index contributed by atoms with van der Waals surface area (Å²) in [5.74, 6) is 0.961. The maximum absolute atomic E-state index is 12.7. The lowest BCUT2D eigenvalue weighted by molar-refractivity contribution is 0.103. The number of hydrogen-bond acceptors (Lipinski definition) is 6. The van der Waals surface area contributed by atoms with Gasteiger partial charge in [-0.15, -0.1) is 11.3 Å². The molecule has 2 N–H and O–H groups in total. The van der Waals surface area contributed by atoms with Crippen molar-refractivity contribution in [2.75, 3.05) is 26.5 Å². The molecule has 1 aromatic carbocycles. The molecule has 0 spiro atoms. The number of thiophene rings is 1. The second kappa shape index (κ2) is 7.27. The van der Waals surface area contributed by atoms with E-state index in [0.29, 0.717) is 44.5 Å². The van der Waals surface area contributed by atoms with E-state index >= 15 is 0 Å². The number of ether oxygens (including phenoxy) is 1. The molecule has 7 nitrogen and oxygen atoms in total. The molecule has 0 radical (unpaired) electrons. The Labute approximate surface area is 154 Å². The van der Waals surface area contributed by atoms with Crippen molar-refractivity contribution in [2.24, 2.45) is 0 Å². The summed E-state index contributed by atoms with van der Waals surface area (Å²) in [5.41, 5.74) is 1.04. The number of benzene rings is 1. The summed E-state index contributed by atoms with van der Waals surface area (Å²) in [5, 5.41) is 3.31. The van der Waals surface area contributed by atoms with Crippen molar-refractivity contribution >= 4 is 33.1 Å². The highest BCUT2D eigenvalue weighted by atomic mass is 32.1. The third kappa shape index (κ3) is 3.61. The summed E-state index contributed by atoms with van der Waals surface area (Å²) in [6.45, 7) is 2.29. The number of H-pyrrole nitrogens is 1. The van der Waals surface area contributed by atoms with Crippen LogP contribution in [0.2, 0.25) is 0 Å². The SMILES string of the molecule is COc1cccc(NC(=O)c2sc3nc(CN(C)C)[nH]c(=O)c3c2C)c1. The van der Waals surface area contributed by atoms with Crippen LogP contribution in [0.1, 0.15) is 21.1 Å². The number of aryl methyl sites for hydroxylation is 1. The summed E-state index contributed by atoms with van der Waals surface area (Å²) >= 11 is 1.22. The van der Waals surface area contributed by atoms with Crippen molar-refractivity contribution in [1.82, 2.24) is 14.9 Å². The van der Waals surface area contributed by atoms with E-state index < -0.39 is 0 Å². The Balaban J connectivity index is 1.96. The third-order valence-electron chi connectivity index (χ3n) is 3.85. The highest BCUT2D eigenvalue weighted by molar-refractivity contribution is 7.20. The Hall–Kier alpha value is -2.71. The van der Waals surface area contributed by atoms with Gasteiger partial charge in [-0.3, -0.25) is 9.59 Å². The van der Waals surface area contributed by atoms with Crippen LogP contribution in [0.15, 0.2) is 29.1 Å². The van der Waals surface area contributed by atoms with Crippen molar-refractivity contribution < 1.29 is 9.53 Å². The van der Waals surface area contributed by atoms with Crippen LogP contribution in [0.3, 0.4) is 0 Å². The largest absolute Gasteiger partial charge is 0.497 e. The molecule has 26 heavy (non-hydrogen) atoms. The maximum Gasteiger partial charge on any atom is 0.266 e. The lowest BCUT2D eigenvalue weighted by atomic mass is 10.2. The average Bonchev–Trinajstić information content (AvgIpc) is 2.91. The summed E-state index contributed by atoms with van der Waals surface area (Å²) < 4.78 is 5.17. The molecule has 0 bridgehead atoms. The zero-order chi connectivity index (χ0) is 18.8. The van der Waals surface area contributed by atoms with Crippen molar-refractivity contribution in [3.05, 3.63) is 50.9 Å². The van der Waals surface area contributed by atoms with E-state index in [2.05, 4.69) is 15.3 Å². The van der Waals surface area contributed by atoms with Gasteiger partial charge in [0.25, 0.3) is 11.5 Å². The molecule has 0 saturated carbocycles. The number of fused-ring (bicyclic) bond motifs is 1. The Bertz CT molecular complexity index is 1020. The molecule has 136 valence electrons. The van der Waals surface area contributed by atoms with E-state index in [4.69, 9.17) is 4.74 Å². The number of aromatic amines is 1. The quantitative estimate of drug-likeness (QED) is 0.719. The molecule has 0 fully saturated rings. The molecule has 0 unspecified atom stereocenters. The highest BCUT2D eigenvalue weighted by Gasteiger charge is 2.19. The number of nitrogens with one attached hydrogen (secondary N) is 2. The number of aromatic nitrogens is 2. The lowest BCUT2D eigenvalue weighted by Crippen LogP contribution is -2.18. The topological polar surface area (TPSA) is 87.3 Å². The third-order valence-corrected chi connectivity index (χ3v) is 5.03. The van der Waals surface area contributed by atoms with Crippen LogP contribution in [0, 0.1) is 6.92 Å². The van der Waals surface area contributed by atoms with E-state index in [1.807, 2.05) is 19.0 Å². The van der Waals surface area contributed by atoms with Crippen LogP contribution in [0.25, 0.3) is 10.2 Å². The van der Waals surface area contributed by atoms with Crippen LogP contribution in [0.4, 0.5) is 5.69 Å². The number of carbonyl (C=O) groups is 1. The molecule has 0 saturated heterocycles.